The van der Waals surface area contributed by atoms with Gasteiger partial charge in [0.1, 0.15) is 5.82 Å². The second-order valence-corrected chi connectivity index (χ2v) is 6.84. The van der Waals surface area contributed by atoms with Crippen molar-refractivity contribution in [1.29, 1.82) is 0 Å². The molecule has 0 spiro atoms. The topological polar surface area (TPSA) is 61.4 Å². The summed E-state index contributed by atoms with van der Waals surface area (Å²) in [6.07, 6.45) is 0. The highest BCUT2D eigenvalue weighted by Crippen LogP contribution is 2.17. The molecule has 7 heteroatoms. The molecule has 0 aliphatic carbocycles. The first-order valence-electron chi connectivity index (χ1n) is 7.43. The monoisotopic (exact) mass is 387 g/mol. The molecule has 1 atom stereocenters. The van der Waals surface area contributed by atoms with Crippen molar-refractivity contribution in [1.82, 2.24) is 15.5 Å². The van der Waals surface area contributed by atoms with Crippen molar-refractivity contribution in [3.8, 4) is 0 Å². The third kappa shape index (κ3) is 6.66. The summed E-state index contributed by atoms with van der Waals surface area (Å²) >= 11 is 3.30. The molecule has 0 aromatic heterocycles. The number of urea groups is 1. The van der Waals surface area contributed by atoms with Gasteiger partial charge in [-0.25, -0.2) is 9.18 Å². The Kier molecular flexibility index (Phi) is 7.64. The minimum atomic E-state index is -0.571. The molecule has 0 saturated carbocycles. The molecular weight excluding hydrogens is 365 g/mol. The lowest BCUT2D eigenvalue weighted by atomic mass is 10.1. The van der Waals surface area contributed by atoms with Crippen LogP contribution in [0.25, 0.3) is 0 Å². The first-order chi connectivity index (χ1) is 10.7. The number of nitrogens with one attached hydrogen (secondary N) is 2. The average molecular weight is 388 g/mol. The number of carbonyl (C=O) groups is 2. The van der Waals surface area contributed by atoms with Crippen LogP contribution in [0.2, 0.25) is 0 Å². The fourth-order valence-electron chi connectivity index (χ4n) is 1.83. The van der Waals surface area contributed by atoms with E-state index in [9.17, 15) is 14.0 Å². The molecule has 0 fully saturated rings. The molecule has 5 nitrogen and oxygen atoms in total. The number of likely N-dealkylation sites (N-methyl/N-ethyl adjacent to an activating group) is 1. The van der Waals surface area contributed by atoms with E-state index in [4.69, 9.17) is 0 Å². The maximum Gasteiger partial charge on any atom is 0.321 e. The summed E-state index contributed by atoms with van der Waals surface area (Å²) in [4.78, 5) is 25.4. The highest BCUT2D eigenvalue weighted by molar-refractivity contribution is 9.10. The number of halogens is 2. The number of amides is 3. The van der Waals surface area contributed by atoms with Crippen molar-refractivity contribution in [2.45, 2.75) is 33.4 Å². The van der Waals surface area contributed by atoms with Crippen molar-refractivity contribution in [2.24, 2.45) is 5.92 Å². The Morgan fingerprint density at radius 1 is 1.30 bits per heavy atom. The number of nitrogens with zero attached hydrogens (tertiary/aromatic N) is 1. The zero-order chi connectivity index (χ0) is 17.6. The molecule has 2 N–H and O–H groups in total. The highest BCUT2D eigenvalue weighted by atomic mass is 79.9. The summed E-state index contributed by atoms with van der Waals surface area (Å²) in [6.45, 7) is 6.34. The van der Waals surface area contributed by atoms with Gasteiger partial charge in [-0.05, 0) is 38.1 Å². The summed E-state index contributed by atoms with van der Waals surface area (Å²) in [7, 11) is 1.70. The summed E-state index contributed by atoms with van der Waals surface area (Å²) < 4.78 is 14.5. The van der Waals surface area contributed by atoms with Crippen LogP contribution >= 0.6 is 15.9 Å². The number of rotatable bonds is 6. The van der Waals surface area contributed by atoms with Crippen LogP contribution in [-0.4, -0.2) is 36.5 Å². The second-order valence-electron chi connectivity index (χ2n) is 5.92. The average Bonchev–Trinajstić information content (AvgIpc) is 2.47. The molecule has 0 bridgehead atoms. The predicted molar refractivity (Wildman–Crippen MR) is 91.4 cm³/mol. The fourth-order valence-corrected chi connectivity index (χ4v) is 2.24. The molecule has 1 unspecified atom stereocenters. The Morgan fingerprint density at radius 2 is 1.96 bits per heavy atom. The first-order valence-corrected chi connectivity index (χ1v) is 8.22. The summed E-state index contributed by atoms with van der Waals surface area (Å²) in [5.74, 6) is -0.457. The smallest absolute Gasteiger partial charge is 0.321 e. The van der Waals surface area contributed by atoms with Crippen LogP contribution in [0.1, 0.15) is 26.3 Å². The predicted octanol–water partition coefficient (Wildman–Crippen LogP) is 2.89. The van der Waals surface area contributed by atoms with E-state index in [1.54, 1.807) is 31.0 Å². The zero-order valence-electron chi connectivity index (χ0n) is 13.8. The SMILES string of the molecule is CC(C)CNC(=O)NC(=O)C(C)N(C)Cc1cc(Br)ccc1F. The summed E-state index contributed by atoms with van der Waals surface area (Å²) in [5, 5.41) is 4.91. The molecule has 0 heterocycles. The van der Waals surface area contributed by atoms with Gasteiger partial charge in [0.25, 0.3) is 0 Å². The van der Waals surface area contributed by atoms with E-state index in [1.807, 2.05) is 13.8 Å². The molecule has 3 amide bonds. The maximum atomic E-state index is 13.8. The van der Waals surface area contributed by atoms with Gasteiger partial charge in [-0.2, -0.15) is 0 Å². The van der Waals surface area contributed by atoms with Crippen molar-refractivity contribution in [2.75, 3.05) is 13.6 Å². The van der Waals surface area contributed by atoms with Gasteiger partial charge in [-0.1, -0.05) is 29.8 Å². The van der Waals surface area contributed by atoms with E-state index in [1.165, 1.54) is 6.07 Å². The van der Waals surface area contributed by atoms with Crippen molar-refractivity contribution in [3.05, 3.63) is 34.1 Å². The number of carbonyl (C=O) groups excluding carboxylic acids is 2. The molecule has 0 radical (unpaired) electrons. The van der Waals surface area contributed by atoms with Gasteiger partial charge >= 0.3 is 6.03 Å². The highest BCUT2D eigenvalue weighted by Gasteiger charge is 2.21. The van der Waals surface area contributed by atoms with Crippen LogP contribution in [0.5, 0.6) is 0 Å². The molecule has 1 aromatic carbocycles. The van der Waals surface area contributed by atoms with Crippen molar-refractivity contribution in [3.63, 3.8) is 0 Å². The molecular formula is C16H23BrFN3O2. The Balaban J connectivity index is 2.58. The number of hydrogen-bond acceptors (Lipinski definition) is 3. The quantitative estimate of drug-likeness (QED) is 0.788. The van der Waals surface area contributed by atoms with Crippen molar-refractivity contribution < 1.29 is 14.0 Å². The Labute approximate surface area is 144 Å². The van der Waals surface area contributed by atoms with Gasteiger partial charge in [0.2, 0.25) is 5.91 Å². The molecule has 23 heavy (non-hydrogen) atoms. The normalized spacial score (nSPS) is 12.3. The lowest BCUT2D eigenvalue weighted by Crippen LogP contribution is -2.48. The van der Waals surface area contributed by atoms with E-state index >= 15 is 0 Å². The summed E-state index contributed by atoms with van der Waals surface area (Å²) in [5.41, 5.74) is 0.478. The van der Waals surface area contributed by atoms with E-state index in [0.29, 0.717) is 18.0 Å². The van der Waals surface area contributed by atoms with E-state index < -0.39 is 18.0 Å². The van der Waals surface area contributed by atoms with E-state index in [-0.39, 0.29) is 12.4 Å². The standard InChI is InChI=1S/C16H23BrFN3O2/c1-10(2)8-19-16(23)20-15(22)11(3)21(4)9-12-7-13(17)5-6-14(12)18/h5-7,10-11H,8-9H2,1-4H3,(H2,19,20,22,23). The van der Waals surface area contributed by atoms with Gasteiger partial charge in [0.15, 0.2) is 0 Å². The Hall–Kier alpha value is -1.47. The minimum Gasteiger partial charge on any atom is -0.338 e. The lowest BCUT2D eigenvalue weighted by molar-refractivity contribution is -0.124. The maximum absolute atomic E-state index is 13.8. The van der Waals surface area contributed by atoms with Crippen molar-refractivity contribution >= 4 is 27.9 Å². The number of hydrogen-bond donors (Lipinski definition) is 2. The first kappa shape index (κ1) is 19.6. The van der Waals surface area contributed by atoms with Gasteiger partial charge in [-0.3, -0.25) is 15.0 Å². The molecule has 128 valence electrons. The largest absolute Gasteiger partial charge is 0.338 e. The van der Waals surface area contributed by atoms with Crippen LogP contribution in [0, 0.1) is 11.7 Å². The van der Waals surface area contributed by atoms with Gasteiger partial charge < -0.3 is 5.32 Å². The minimum absolute atomic E-state index is 0.257. The van der Waals surface area contributed by atoms with Crippen LogP contribution in [0.15, 0.2) is 22.7 Å². The van der Waals surface area contributed by atoms with E-state index in [0.717, 1.165) is 4.47 Å². The van der Waals surface area contributed by atoms with Crippen LogP contribution in [0.4, 0.5) is 9.18 Å². The third-order valence-electron chi connectivity index (χ3n) is 3.38. The zero-order valence-corrected chi connectivity index (χ0v) is 15.4. The fraction of sp³-hybridized carbons (Fsp3) is 0.500. The Morgan fingerprint density at radius 3 is 2.57 bits per heavy atom. The lowest BCUT2D eigenvalue weighted by Gasteiger charge is -2.24. The molecule has 1 aromatic rings. The third-order valence-corrected chi connectivity index (χ3v) is 3.87. The Bertz CT molecular complexity index is 566. The molecule has 1 rings (SSSR count). The van der Waals surface area contributed by atoms with Gasteiger partial charge in [0, 0.05) is 23.1 Å². The molecule has 0 aliphatic rings. The van der Waals surface area contributed by atoms with Gasteiger partial charge in [-0.15, -0.1) is 0 Å². The van der Waals surface area contributed by atoms with Crippen LogP contribution in [-0.2, 0) is 11.3 Å². The van der Waals surface area contributed by atoms with Crippen LogP contribution in [0.3, 0.4) is 0 Å². The van der Waals surface area contributed by atoms with Crippen LogP contribution < -0.4 is 10.6 Å². The number of benzene rings is 1. The molecule has 0 saturated heterocycles. The number of imide groups is 1. The van der Waals surface area contributed by atoms with Gasteiger partial charge in [0.05, 0.1) is 6.04 Å². The summed E-state index contributed by atoms with van der Waals surface area (Å²) in [6, 6.07) is 3.58. The second kappa shape index (κ2) is 8.98. The molecule has 0 aliphatic heterocycles. The van der Waals surface area contributed by atoms with E-state index in [2.05, 4.69) is 26.6 Å².